The van der Waals surface area contributed by atoms with Crippen LogP contribution in [0.2, 0.25) is 0 Å². The molecule has 0 saturated heterocycles. The Labute approximate surface area is 141 Å². The number of alkyl halides is 3. The van der Waals surface area contributed by atoms with Crippen molar-refractivity contribution >= 4 is 17.6 Å². The number of aromatic nitrogens is 5. The summed E-state index contributed by atoms with van der Waals surface area (Å²) < 4.78 is 40.9. The first-order valence-electron chi connectivity index (χ1n) is 7.32. The molecule has 0 atom stereocenters. The van der Waals surface area contributed by atoms with Gasteiger partial charge in [0.1, 0.15) is 0 Å². The van der Waals surface area contributed by atoms with E-state index in [0.29, 0.717) is 22.4 Å². The lowest BCUT2D eigenvalue weighted by atomic mass is 9.95. The number of nitrogen functional groups attached to an aromatic ring is 1. The number of benzene rings is 1. The van der Waals surface area contributed by atoms with E-state index in [9.17, 15) is 13.2 Å². The van der Waals surface area contributed by atoms with E-state index in [1.54, 1.807) is 26.0 Å². The van der Waals surface area contributed by atoms with Gasteiger partial charge in [0, 0.05) is 24.5 Å². The molecule has 0 radical (unpaired) electrons. The lowest BCUT2D eigenvalue weighted by Gasteiger charge is -2.14. The fourth-order valence-corrected chi connectivity index (χ4v) is 2.80. The third-order valence-electron chi connectivity index (χ3n) is 3.66. The van der Waals surface area contributed by atoms with Crippen LogP contribution in [0.25, 0.3) is 11.1 Å². The smallest absolute Gasteiger partial charge is 0.368 e. The number of H-pyrrole nitrogens is 1. The van der Waals surface area contributed by atoms with Crippen molar-refractivity contribution in [3.05, 3.63) is 35.2 Å². The van der Waals surface area contributed by atoms with E-state index < -0.39 is 11.9 Å². The summed E-state index contributed by atoms with van der Waals surface area (Å²) in [5.41, 5.74) is 7.11. The molecule has 0 aliphatic rings. The molecule has 3 rings (SSSR count). The van der Waals surface area contributed by atoms with E-state index in [0.717, 1.165) is 0 Å². The summed E-state index contributed by atoms with van der Waals surface area (Å²) in [5.74, 6) is 0.444. The maximum absolute atomic E-state index is 13.3. The molecule has 10 heteroatoms. The molecule has 0 aliphatic heterocycles. The molecular weight excluding hydrogens is 335 g/mol. The molecule has 132 valence electrons. The number of nitrogens with two attached hydrogens (primary N) is 1. The van der Waals surface area contributed by atoms with Crippen molar-refractivity contribution < 1.29 is 13.2 Å². The van der Waals surface area contributed by atoms with Crippen molar-refractivity contribution in [2.24, 2.45) is 7.05 Å². The third-order valence-corrected chi connectivity index (χ3v) is 3.66. The van der Waals surface area contributed by atoms with Gasteiger partial charge in [0.2, 0.25) is 11.9 Å². The molecule has 1 aromatic carbocycles. The van der Waals surface area contributed by atoms with Crippen molar-refractivity contribution in [1.29, 1.82) is 0 Å². The van der Waals surface area contributed by atoms with Crippen LogP contribution in [0.4, 0.5) is 30.8 Å². The first-order valence-corrected chi connectivity index (χ1v) is 7.32. The van der Waals surface area contributed by atoms with Crippen molar-refractivity contribution in [2.75, 3.05) is 11.1 Å². The number of aryl methyl sites for hydroxylation is 3. The van der Waals surface area contributed by atoms with Crippen LogP contribution in [0.5, 0.6) is 0 Å². The number of nitrogens with one attached hydrogen (secondary N) is 2. The first kappa shape index (κ1) is 16.8. The lowest BCUT2D eigenvalue weighted by Crippen LogP contribution is -2.09. The number of hydrogen-bond donors (Lipinski definition) is 3. The highest BCUT2D eigenvalue weighted by molar-refractivity contribution is 5.76. The molecule has 0 spiro atoms. The Morgan fingerprint density at radius 3 is 2.36 bits per heavy atom. The summed E-state index contributed by atoms with van der Waals surface area (Å²) in [6.07, 6.45) is -3.15. The highest BCUT2D eigenvalue weighted by atomic mass is 19.4. The molecule has 0 unspecified atom stereocenters. The summed E-state index contributed by atoms with van der Waals surface area (Å²) in [5, 5.41) is 12.9. The van der Waals surface area contributed by atoms with Gasteiger partial charge in [-0.3, -0.25) is 4.68 Å². The quantitative estimate of drug-likeness (QED) is 0.673. The SMILES string of the molecule is Cc1cc(Nc2n[nH]c(N)n2)cc(C)c1-c1cn(C)nc1C(F)(F)F. The van der Waals surface area contributed by atoms with Gasteiger partial charge in [0.15, 0.2) is 5.69 Å². The van der Waals surface area contributed by atoms with Crippen molar-refractivity contribution in [3.8, 4) is 11.1 Å². The fraction of sp³-hybridized carbons (Fsp3) is 0.267. The molecule has 2 heterocycles. The Kier molecular flexibility index (Phi) is 3.90. The maximum Gasteiger partial charge on any atom is 0.435 e. The van der Waals surface area contributed by atoms with Gasteiger partial charge < -0.3 is 11.1 Å². The summed E-state index contributed by atoms with van der Waals surface area (Å²) >= 11 is 0. The molecule has 3 aromatic rings. The van der Waals surface area contributed by atoms with Gasteiger partial charge in [-0.2, -0.15) is 23.3 Å². The largest absolute Gasteiger partial charge is 0.435 e. The Hall–Kier alpha value is -3.04. The van der Waals surface area contributed by atoms with Gasteiger partial charge in [-0.25, -0.2) is 5.10 Å². The minimum atomic E-state index is -4.52. The van der Waals surface area contributed by atoms with Gasteiger partial charge in [0.05, 0.1) is 0 Å². The van der Waals surface area contributed by atoms with Gasteiger partial charge in [-0.1, -0.05) is 0 Å². The summed E-state index contributed by atoms with van der Waals surface area (Å²) in [6, 6.07) is 3.45. The monoisotopic (exact) mass is 351 g/mol. The number of aromatic amines is 1. The van der Waals surface area contributed by atoms with E-state index in [2.05, 4.69) is 25.6 Å². The molecular formula is C15H16F3N7. The fourth-order valence-electron chi connectivity index (χ4n) is 2.80. The molecule has 7 nitrogen and oxygen atoms in total. The van der Waals surface area contributed by atoms with Gasteiger partial charge in [-0.15, -0.1) is 5.10 Å². The van der Waals surface area contributed by atoms with Crippen molar-refractivity contribution in [3.63, 3.8) is 0 Å². The highest BCUT2D eigenvalue weighted by Crippen LogP contribution is 2.39. The standard InChI is InChI=1S/C15H16F3N7/c1-7-4-9(20-14-21-13(19)22-23-14)5-8(2)11(7)10-6-25(3)24-12(10)15(16,17)18/h4-6H,1-3H3,(H4,19,20,21,22,23). The molecule has 0 saturated carbocycles. The van der Waals surface area contributed by atoms with Crippen LogP contribution in [0, 0.1) is 13.8 Å². The van der Waals surface area contributed by atoms with E-state index in [-0.39, 0.29) is 17.5 Å². The molecule has 25 heavy (non-hydrogen) atoms. The number of hydrogen-bond acceptors (Lipinski definition) is 5. The minimum absolute atomic E-state index is 0.0543. The van der Waals surface area contributed by atoms with Crippen molar-refractivity contribution in [2.45, 2.75) is 20.0 Å². The molecule has 0 aliphatic carbocycles. The normalized spacial score (nSPS) is 11.8. The highest BCUT2D eigenvalue weighted by Gasteiger charge is 2.37. The summed E-state index contributed by atoms with van der Waals surface area (Å²) in [7, 11) is 1.47. The van der Waals surface area contributed by atoms with E-state index in [1.165, 1.54) is 17.9 Å². The van der Waals surface area contributed by atoms with Crippen LogP contribution in [0.3, 0.4) is 0 Å². The zero-order chi connectivity index (χ0) is 18.4. The average molecular weight is 351 g/mol. The minimum Gasteiger partial charge on any atom is -0.368 e. The molecule has 0 fully saturated rings. The molecule has 2 aromatic heterocycles. The van der Waals surface area contributed by atoms with E-state index in [4.69, 9.17) is 5.73 Å². The molecule has 0 bridgehead atoms. The molecule has 4 N–H and O–H groups in total. The number of halogens is 3. The van der Waals surface area contributed by atoms with Gasteiger partial charge in [0.25, 0.3) is 0 Å². The van der Waals surface area contributed by atoms with Gasteiger partial charge >= 0.3 is 6.18 Å². The van der Waals surface area contributed by atoms with Crippen LogP contribution < -0.4 is 11.1 Å². The van der Waals surface area contributed by atoms with Crippen LogP contribution in [-0.2, 0) is 13.2 Å². The summed E-state index contributed by atoms with van der Waals surface area (Å²) in [4.78, 5) is 3.93. The first-order chi connectivity index (χ1) is 11.6. The Bertz CT molecular complexity index is 901. The van der Waals surface area contributed by atoms with Gasteiger partial charge in [-0.05, 0) is 42.7 Å². The Morgan fingerprint density at radius 1 is 1.20 bits per heavy atom. The zero-order valence-corrected chi connectivity index (χ0v) is 13.7. The second kappa shape index (κ2) is 5.80. The summed E-state index contributed by atoms with van der Waals surface area (Å²) in [6.45, 7) is 3.49. The van der Waals surface area contributed by atoms with Crippen LogP contribution in [-0.4, -0.2) is 25.0 Å². The van der Waals surface area contributed by atoms with E-state index in [1.807, 2.05) is 0 Å². The second-order valence-corrected chi connectivity index (χ2v) is 5.72. The predicted octanol–water partition coefficient (Wildman–Crippen LogP) is 3.17. The van der Waals surface area contributed by atoms with Crippen LogP contribution >= 0.6 is 0 Å². The number of nitrogens with zero attached hydrogens (tertiary/aromatic N) is 4. The lowest BCUT2D eigenvalue weighted by molar-refractivity contribution is -0.140. The topological polar surface area (TPSA) is 97.4 Å². The Morgan fingerprint density at radius 2 is 1.84 bits per heavy atom. The maximum atomic E-state index is 13.3. The van der Waals surface area contributed by atoms with Crippen LogP contribution in [0.1, 0.15) is 16.8 Å². The van der Waals surface area contributed by atoms with E-state index >= 15 is 0 Å². The number of anilines is 3. The zero-order valence-electron chi connectivity index (χ0n) is 13.7. The predicted molar refractivity (Wildman–Crippen MR) is 87.2 cm³/mol. The van der Waals surface area contributed by atoms with Crippen LogP contribution in [0.15, 0.2) is 18.3 Å². The number of rotatable bonds is 3. The second-order valence-electron chi connectivity index (χ2n) is 5.72. The van der Waals surface area contributed by atoms with Crippen molar-refractivity contribution in [1.82, 2.24) is 25.0 Å². The third kappa shape index (κ3) is 3.28. The average Bonchev–Trinajstić information content (AvgIpc) is 3.04. The molecule has 0 amide bonds. The Balaban J connectivity index is 2.04.